The van der Waals surface area contributed by atoms with Crippen LogP contribution in [0.15, 0.2) is 48.5 Å². The maximum atomic E-state index is 11.6. The molecule has 0 bridgehead atoms. The Hall–Kier alpha value is -2.10. The van der Waals surface area contributed by atoms with Crippen molar-refractivity contribution in [3.63, 3.8) is 0 Å². The number of benzene rings is 2. The molecule has 1 aliphatic rings. The average molecular weight is 475 g/mol. The molecule has 4 N–H and O–H groups in total. The van der Waals surface area contributed by atoms with Gasteiger partial charge < -0.3 is 30.3 Å². The van der Waals surface area contributed by atoms with E-state index in [2.05, 4.69) is 17.6 Å². The van der Waals surface area contributed by atoms with Gasteiger partial charge in [0.05, 0.1) is 25.4 Å². The topological polar surface area (TPSA) is 100 Å². The van der Waals surface area contributed by atoms with Crippen molar-refractivity contribution in [3.05, 3.63) is 70.8 Å². The molecule has 2 aromatic carbocycles. The van der Waals surface area contributed by atoms with E-state index in [0.29, 0.717) is 18.8 Å². The van der Waals surface area contributed by atoms with Crippen LogP contribution in [0.25, 0.3) is 0 Å². The van der Waals surface area contributed by atoms with Gasteiger partial charge >= 0.3 is 6.03 Å². The molecule has 3 rings (SSSR count). The van der Waals surface area contributed by atoms with E-state index in [1.165, 1.54) is 0 Å². The first-order chi connectivity index (χ1) is 16.0. The molecule has 0 saturated carbocycles. The number of nitrogens with one attached hydrogen (secondary N) is 2. The Kier molecular flexibility index (Phi) is 10.0. The van der Waals surface area contributed by atoms with Crippen molar-refractivity contribution >= 4 is 17.8 Å². The number of aliphatic hydroxyl groups excluding tert-OH is 2. The van der Waals surface area contributed by atoms with Crippen LogP contribution in [0.4, 0.5) is 4.79 Å². The first-order valence-electron chi connectivity index (χ1n) is 11.4. The molecule has 7 nitrogen and oxygen atoms in total. The molecule has 1 saturated heterocycles. The maximum absolute atomic E-state index is 11.6. The number of thioether (sulfide) groups is 1. The van der Waals surface area contributed by atoms with E-state index >= 15 is 0 Å². The van der Waals surface area contributed by atoms with Gasteiger partial charge in [0.1, 0.15) is 0 Å². The highest BCUT2D eigenvalue weighted by atomic mass is 32.2. The van der Waals surface area contributed by atoms with Crippen molar-refractivity contribution in [2.45, 2.75) is 45.5 Å². The molecule has 1 fully saturated rings. The number of ether oxygens (including phenoxy) is 2. The van der Waals surface area contributed by atoms with Gasteiger partial charge in [-0.3, -0.25) is 0 Å². The molecule has 0 radical (unpaired) electrons. The normalized spacial score (nSPS) is 22.7. The molecule has 1 heterocycles. The molecule has 0 aromatic heterocycles. The van der Waals surface area contributed by atoms with Crippen LogP contribution in [0.1, 0.15) is 48.5 Å². The molecule has 1 aliphatic heterocycles. The van der Waals surface area contributed by atoms with E-state index in [9.17, 15) is 9.90 Å². The van der Waals surface area contributed by atoms with Crippen molar-refractivity contribution in [1.82, 2.24) is 10.6 Å². The van der Waals surface area contributed by atoms with Crippen molar-refractivity contribution in [2.75, 3.05) is 24.7 Å². The molecule has 8 heteroatoms. The number of aliphatic hydroxyl groups is 2. The summed E-state index contributed by atoms with van der Waals surface area (Å²) in [6, 6.07) is 15.5. The number of rotatable bonds is 10. The lowest BCUT2D eigenvalue weighted by atomic mass is 9.91. The van der Waals surface area contributed by atoms with E-state index in [-0.39, 0.29) is 37.4 Å². The molecule has 0 aliphatic carbocycles. The molecule has 2 aromatic rings. The summed E-state index contributed by atoms with van der Waals surface area (Å²) in [6.45, 7) is 5.18. The molecule has 33 heavy (non-hydrogen) atoms. The van der Waals surface area contributed by atoms with Gasteiger partial charge in [0.15, 0.2) is 6.29 Å². The first-order valence-corrected chi connectivity index (χ1v) is 12.5. The number of hydrogen-bond acceptors (Lipinski definition) is 6. The van der Waals surface area contributed by atoms with Gasteiger partial charge in [-0.25, -0.2) is 4.79 Å². The predicted octanol–water partition coefficient (Wildman–Crippen LogP) is 3.51. The lowest BCUT2D eigenvalue weighted by molar-refractivity contribution is -0.268. The summed E-state index contributed by atoms with van der Waals surface area (Å²) in [6.07, 6.45) is -0.717. The fourth-order valence-corrected chi connectivity index (χ4v) is 4.68. The summed E-state index contributed by atoms with van der Waals surface area (Å²) < 4.78 is 12.8. The van der Waals surface area contributed by atoms with E-state index < -0.39 is 6.29 Å². The van der Waals surface area contributed by atoms with Crippen molar-refractivity contribution in [3.8, 4) is 0 Å². The summed E-state index contributed by atoms with van der Waals surface area (Å²) in [4.78, 5) is 11.6. The number of hydrogen-bond donors (Lipinski definition) is 4. The quantitative estimate of drug-likeness (QED) is 0.393. The Morgan fingerprint density at radius 3 is 2.27 bits per heavy atom. The molecular formula is C25H34N2O5S. The SMILES string of the molecule is CCNC(=O)NCc1ccc([C@@H]2O[C@H](CSCCO)[C@H](C)[C@H](c3ccc(CO)cc3)O2)cc1. The Morgan fingerprint density at radius 2 is 1.64 bits per heavy atom. The maximum Gasteiger partial charge on any atom is 0.315 e. The second kappa shape index (κ2) is 13.0. The highest BCUT2D eigenvalue weighted by molar-refractivity contribution is 7.99. The summed E-state index contributed by atoms with van der Waals surface area (Å²) in [5.41, 5.74) is 3.81. The molecule has 180 valence electrons. The second-order valence-electron chi connectivity index (χ2n) is 8.08. The number of amides is 2. The Balaban J connectivity index is 1.74. The summed E-state index contributed by atoms with van der Waals surface area (Å²) in [5.74, 6) is 1.55. The first kappa shape index (κ1) is 25.5. The van der Waals surface area contributed by atoms with E-state index in [1.807, 2.05) is 55.5 Å². The molecule has 0 spiro atoms. The van der Waals surface area contributed by atoms with Gasteiger partial charge in [-0.1, -0.05) is 55.5 Å². The van der Waals surface area contributed by atoms with Crippen LogP contribution < -0.4 is 10.6 Å². The standard InChI is InChI=1S/C25H34N2O5S/c1-3-26-25(30)27-14-18-4-10-21(11-5-18)24-31-22(16-33-13-12-28)17(2)23(32-24)20-8-6-19(15-29)7-9-20/h4-11,17,22-24,28-29H,3,12-16H2,1-2H3,(H2,26,27,30)/t17-,22+,23+,24+/m0/s1. The fourth-order valence-electron chi connectivity index (χ4n) is 3.77. The largest absolute Gasteiger partial charge is 0.396 e. The summed E-state index contributed by atoms with van der Waals surface area (Å²) in [5, 5.41) is 24.1. The Bertz CT molecular complexity index is 862. The van der Waals surface area contributed by atoms with Crippen LogP contribution in [0.2, 0.25) is 0 Å². The van der Waals surface area contributed by atoms with Crippen molar-refractivity contribution < 1.29 is 24.5 Å². The zero-order chi connectivity index (χ0) is 23.6. The third kappa shape index (κ3) is 7.19. The zero-order valence-corrected chi connectivity index (χ0v) is 20.0. The zero-order valence-electron chi connectivity index (χ0n) is 19.2. The van der Waals surface area contributed by atoms with Gasteiger partial charge in [-0.2, -0.15) is 11.8 Å². The molecule has 4 atom stereocenters. The third-order valence-corrected chi connectivity index (χ3v) is 6.72. The predicted molar refractivity (Wildman–Crippen MR) is 130 cm³/mol. The Morgan fingerprint density at radius 1 is 0.970 bits per heavy atom. The smallest absolute Gasteiger partial charge is 0.315 e. The van der Waals surface area contributed by atoms with Crippen LogP contribution in [0.5, 0.6) is 0 Å². The molecule has 2 amide bonds. The Labute approximate surface area is 199 Å². The van der Waals surface area contributed by atoms with Crippen LogP contribution in [-0.4, -0.2) is 47.0 Å². The third-order valence-electron chi connectivity index (χ3n) is 5.68. The molecule has 0 unspecified atom stereocenters. The number of carbonyl (C=O) groups is 1. The van der Waals surface area contributed by atoms with E-state index in [4.69, 9.17) is 14.6 Å². The second-order valence-corrected chi connectivity index (χ2v) is 9.22. The minimum atomic E-state index is -0.520. The highest BCUT2D eigenvalue weighted by Gasteiger charge is 2.38. The van der Waals surface area contributed by atoms with Gasteiger partial charge in [0, 0.05) is 36.1 Å². The van der Waals surface area contributed by atoms with E-state index in [1.54, 1.807) is 11.8 Å². The number of carbonyl (C=O) groups excluding carboxylic acids is 1. The average Bonchev–Trinajstić information content (AvgIpc) is 2.84. The summed E-state index contributed by atoms with van der Waals surface area (Å²) >= 11 is 1.67. The minimum Gasteiger partial charge on any atom is -0.396 e. The van der Waals surface area contributed by atoms with Crippen molar-refractivity contribution in [1.29, 1.82) is 0 Å². The number of urea groups is 1. The van der Waals surface area contributed by atoms with Gasteiger partial charge in [0.2, 0.25) is 0 Å². The monoisotopic (exact) mass is 474 g/mol. The van der Waals surface area contributed by atoms with E-state index in [0.717, 1.165) is 28.0 Å². The lowest BCUT2D eigenvalue weighted by Crippen LogP contribution is -2.38. The summed E-state index contributed by atoms with van der Waals surface area (Å²) in [7, 11) is 0. The van der Waals surface area contributed by atoms with Gasteiger partial charge in [-0.05, 0) is 23.6 Å². The highest BCUT2D eigenvalue weighted by Crippen LogP contribution is 2.42. The fraction of sp³-hybridized carbons (Fsp3) is 0.480. The van der Waals surface area contributed by atoms with Crippen LogP contribution in [0, 0.1) is 5.92 Å². The molecular weight excluding hydrogens is 440 g/mol. The van der Waals surface area contributed by atoms with Gasteiger partial charge in [0.25, 0.3) is 0 Å². The van der Waals surface area contributed by atoms with Crippen LogP contribution >= 0.6 is 11.8 Å². The van der Waals surface area contributed by atoms with Crippen molar-refractivity contribution in [2.24, 2.45) is 5.92 Å². The van der Waals surface area contributed by atoms with Gasteiger partial charge in [-0.15, -0.1) is 0 Å². The lowest BCUT2D eigenvalue weighted by Gasteiger charge is -2.41. The van der Waals surface area contributed by atoms with Crippen LogP contribution in [0.3, 0.4) is 0 Å². The minimum absolute atomic E-state index is 0.00876. The van der Waals surface area contributed by atoms with Crippen LogP contribution in [-0.2, 0) is 22.6 Å².